The summed E-state index contributed by atoms with van der Waals surface area (Å²) in [6.07, 6.45) is 98.7. The molecule has 0 radical (unpaired) electrons. The van der Waals surface area contributed by atoms with Crippen molar-refractivity contribution in [3.05, 3.63) is 146 Å². The second-order valence-electron chi connectivity index (χ2n) is 22.0. The summed E-state index contributed by atoms with van der Waals surface area (Å²) in [7, 11) is 0. The van der Waals surface area contributed by atoms with Gasteiger partial charge in [-0.3, -0.25) is 14.4 Å². The minimum Gasteiger partial charge on any atom is -0.462 e. The second kappa shape index (κ2) is 68.8. The fourth-order valence-corrected chi connectivity index (χ4v) is 9.11. The van der Waals surface area contributed by atoms with Gasteiger partial charge < -0.3 is 14.2 Å². The molecule has 0 heterocycles. The van der Waals surface area contributed by atoms with Crippen LogP contribution in [-0.4, -0.2) is 37.2 Å². The van der Waals surface area contributed by atoms with Crippen molar-refractivity contribution in [1.29, 1.82) is 0 Å². The minimum absolute atomic E-state index is 0.102. The lowest BCUT2D eigenvalue weighted by atomic mass is 10.0. The number of hydrogen-bond acceptors (Lipinski definition) is 6. The third-order valence-electron chi connectivity index (χ3n) is 14.1. The van der Waals surface area contributed by atoms with Crippen molar-refractivity contribution >= 4 is 17.9 Å². The lowest BCUT2D eigenvalue weighted by Gasteiger charge is -2.18. The predicted octanol–water partition coefficient (Wildman–Crippen LogP) is 23.5. The standard InChI is InChI=1S/C76H124O6/c1-4-7-10-13-16-19-22-25-28-30-31-32-33-34-35-36-37-38-39-40-41-42-43-44-45-47-48-51-54-57-60-63-66-69-75(78)81-72-73(71-80-74(77)68-65-62-59-56-53-50-27-24-21-18-15-12-9-6-3)82-76(79)70-67-64-61-58-55-52-49-46-29-26-23-20-17-14-11-8-5-2/h7-8,10-11,16-17,19-20,25-26,28-29,31-32,34-35,37-38,40-41,49,52,58,61,73H,4-6,9,12-15,18,21-24,27,30,33,36,39,42-48,50-51,53-57,59-60,62-72H2,1-3H3/b10-7-,11-8-,19-16-,20-17-,28-25-,29-26-,32-31-,35-34-,38-37-,41-40-,52-49-,61-58-. The lowest BCUT2D eigenvalue weighted by molar-refractivity contribution is -0.167. The van der Waals surface area contributed by atoms with Gasteiger partial charge in [-0.15, -0.1) is 0 Å². The highest BCUT2D eigenvalue weighted by Gasteiger charge is 2.19. The SMILES string of the molecule is CC/C=C\C/C=C\C/C=C\C/C=C\C/C=C\C/C=C\C/C=C\CCCCCCCCCCCCCC(=O)OCC(COC(=O)CCCCCCCCCCCCCCCC)OC(=O)CCC/C=C\C/C=C\C/C=C\C/C=C\C/C=C\CC. The lowest BCUT2D eigenvalue weighted by Crippen LogP contribution is -2.30. The van der Waals surface area contributed by atoms with Crippen molar-refractivity contribution in [2.75, 3.05) is 13.2 Å². The zero-order valence-electron chi connectivity index (χ0n) is 53.2. The minimum atomic E-state index is -0.813. The van der Waals surface area contributed by atoms with Crippen LogP contribution in [0.15, 0.2) is 146 Å². The first kappa shape index (κ1) is 77.3. The molecule has 464 valence electrons. The van der Waals surface area contributed by atoms with Crippen LogP contribution in [-0.2, 0) is 28.6 Å². The van der Waals surface area contributed by atoms with Crippen LogP contribution < -0.4 is 0 Å². The Morgan fingerprint density at radius 3 is 0.780 bits per heavy atom. The molecule has 1 unspecified atom stereocenters. The Hall–Kier alpha value is -4.71. The van der Waals surface area contributed by atoms with Crippen molar-refractivity contribution in [3.8, 4) is 0 Å². The monoisotopic (exact) mass is 1130 g/mol. The van der Waals surface area contributed by atoms with Crippen LogP contribution in [0, 0.1) is 0 Å². The molecule has 0 aliphatic carbocycles. The van der Waals surface area contributed by atoms with Gasteiger partial charge >= 0.3 is 17.9 Å². The second-order valence-corrected chi connectivity index (χ2v) is 22.0. The number of unbranched alkanes of at least 4 members (excludes halogenated alkanes) is 25. The molecule has 0 aromatic carbocycles. The van der Waals surface area contributed by atoms with E-state index in [1.807, 2.05) is 0 Å². The number of carbonyl (C=O) groups excluding carboxylic acids is 3. The molecule has 0 aliphatic heterocycles. The van der Waals surface area contributed by atoms with Gasteiger partial charge in [-0.25, -0.2) is 0 Å². The van der Waals surface area contributed by atoms with Crippen molar-refractivity contribution in [1.82, 2.24) is 0 Å². The highest BCUT2D eigenvalue weighted by molar-refractivity contribution is 5.71. The highest BCUT2D eigenvalue weighted by Crippen LogP contribution is 2.16. The number of esters is 3. The number of allylic oxidation sites excluding steroid dienone is 24. The normalized spacial score (nSPS) is 13.1. The van der Waals surface area contributed by atoms with Gasteiger partial charge in [-0.1, -0.05) is 308 Å². The fourth-order valence-electron chi connectivity index (χ4n) is 9.11. The summed E-state index contributed by atoms with van der Waals surface area (Å²) in [6, 6.07) is 0. The zero-order chi connectivity index (χ0) is 59.2. The Kier molecular flexibility index (Phi) is 64.8. The molecule has 0 aromatic rings. The van der Waals surface area contributed by atoms with Crippen molar-refractivity contribution in [2.45, 2.75) is 303 Å². The Morgan fingerprint density at radius 2 is 0.488 bits per heavy atom. The van der Waals surface area contributed by atoms with E-state index in [2.05, 4.69) is 167 Å². The van der Waals surface area contributed by atoms with Gasteiger partial charge in [-0.05, 0) is 116 Å². The van der Waals surface area contributed by atoms with Crippen LogP contribution in [0.25, 0.3) is 0 Å². The third kappa shape index (κ3) is 66.1. The van der Waals surface area contributed by atoms with Crippen molar-refractivity contribution in [2.24, 2.45) is 0 Å². The summed E-state index contributed by atoms with van der Waals surface area (Å²) in [5.41, 5.74) is 0. The molecular weight excluding hydrogens is 1010 g/mol. The van der Waals surface area contributed by atoms with E-state index in [1.54, 1.807) is 0 Å². The van der Waals surface area contributed by atoms with E-state index in [4.69, 9.17) is 14.2 Å². The van der Waals surface area contributed by atoms with E-state index in [-0.39, 0.29) is 37.5 Å². The topological polar surface area (TPSA) is 78.9 Å². The smallest absolute Gasteiger partial charge is 0.306 e. The molecular formula is C76H124O6. The number of hydrogen-bond donors (Lipinski definition) is 0. The number of ether oxygens (including phenoxy) is 3. The molecule has 0 saturated carbocycles. The average molecular weight is 1130 g/mol. The summed E-state index contributed by atoms with van der Waals surface area (Å²) in [5.74, 6) is -0.960. The van der Waals surface area contributed by atoms with E-state index in [1.165, 1.54) is 128 Å². The Morgan fingerprint density at radius 1 is 0.256 bits per heavy atom. The van der Waals surface area contributed by atoms with E-state index in [9.17, 15) is 14.4 Å². The van der Waals surface area contributed by atoms with Crippen molar-refractivity contribution < 1.29 is 28.6 Å². The molecule has 0 amide bonds. The molecule has 0 rings (SSSR count). The molecule has 1 atom stereocenters. The first-order valence-electron chi connectivity index (χ1n) is 33.8. The molecule has 0 saturated heterocycles. The molecule has 6 nitrogen and oxygen atoms in total. The van der Waals surface area contributed by atoms with Gasteiger partial charge in [-0.2, -0.15) is 0 Å². The van der Waals surface area contributed by atoms with Crippen LogP contribution in [0.5, 0.6) is 0 Å². The fraction of sp³-hybridized carbons (Fsp3) is 0.645. The van der Waals surface area contributed by atoms with Crippen LogP contribution in [0.1, 0.15) is 297 Å². The van der Waals surface area contributed by atoms with Crippen LogP contribution in [0.2, 0.25) is 0 Å². The van der Waals surface area contributed by atoms with E-state index in [0.717, 1.165) is 122 Å². The molecule has 0 aromatic heterocycles. The zero-order valence-corrected chi connectivity index (χ0v) is 53.2. The molecule has 0 bridgehead atoms. The van der Waals surface area contributed by atoms with Gasteiger partial charge in [0.05, 0.1) is 0 Å². The van der Waals surface area contributed by atoms with Gasteiger partial charge in [0, 0.05) is 19.3 Å². The van der Waals surface area contributed by atoms with Gasteiger partial charge in [0.25, 0.3) is 0 Å². The molecule has 6 heteroatoms. The average Bonchev–Trinajstić information content (AvgIpc) is 3.47. The maximum absolute atomic E-state index is 12.9. The Bertz CT molecular complexity index is 1780. The summed E-state index contributed by atoms with van der Waals surface area (Å²) >= 11 is 0. The number of rotatable bonds is 60. The maximum atomic E-state index is 12.9. The largest absolute Gasteiger partial charge is 0.462 e. The summed E-state index contributed by atoms with van der Waals surface area (Å²) < 4.78 is 16.9. The van der Waals surface area contributed by atoms with Crippen LogP contribution in [0.3, 0.4) is 0 Å². The van der Waals surface area contributed by atoms with Gasteiger partial charge in [0.1, 0.15) is 13.2 Å². The van der Waals surface area contributed by atoms with E-state index < -0.39 is 6.10 Å². The Labute approximate surface area is 506 Å². The van der Waals surface area contributed by atoms with Gasteiger partial charge in [0.15, 0.2) is 6.10 Å². The Balaban J connectivity index is 4.31. The number of carbonyl (C=O) groups is 3. The summed E-state index contributed by atoms with van der Waals surface area (Å²) in [6.45, 7) is 6.38. The van der Waals surface area contributed by atoms with Crippen molar-refractivity contribution in [3.63, 3.8) is 0 Å². The first-order chi connectivity index (χ1) is 40.5. The third-order valence-corrected chi connectivity index (χ3v) is 14.1. The predicted molar refractivity (Wildman–Crippen MR) is 357 cm³/mol. The summed E-state index contributed by atoms with van der Waals surface area (Å²) in [5, 5.41) is 0. The molecule has 0 N–H and O–H groups in total. The quantitative estimate of drug-likeness (QED) is 0.0261. The first-order valence-corrected chi connectivity index (χ1v) is 33.8. The van der Waals surface area contributed by atoms with Crippen LogP contribution >= 0.6 is 0 Å². The van der Waals surface area contributed by atoms with E-state index >= 15 is 0 Å². The molecule has 0 fully saturated rings. The molecule has 0 spiro atoms. The van der Waals surface area contributed by atoms with Crippen LogP contribution in [0.4, 0.5) is 0 Å². The molecule has 82 heavy (non-hydrogen) atoms. The summed E-state index contributed by atoms with van der Waals surface area (Å²) in [4.78, 5) is 38.3. The maximum Gasteiger partial charge on any atom is 0.306 e. The van der Waals surface area contributed by atoms with E-state index in [0.29, 0.717) is 19.3 Å². The highest BCUT2D eigenvalue weighted by atomic mass is 16.6. The molecule has 0 aliphatic rings. The van der Waals surface area contributed by atoms with Gasteiger partial charge in [0.2, 0.25) is 0 Å².